The van der Waals surface area contributed by atoms with E-state index in [1.807, 2.05) is 30.3 Å². The van der Waals surface area contributed by atoms with Gasteiger partial charge >= 0.3 is 12.1 Å². The second-order valence-electron chi connectivity index (χ2n) is 6.12. The Bertz CT molecular complexity index is 992. The van der Waals surface area contributed by atoms with Crippen LogP contribution in [0.4, 0.5) is 27.6 Å². The summed E-state index contributed by atoms with van der Waals surface area (Å²) >= 11 is 0. The molecule has 0 unspecified atom stereocenters. The molecule has 1 N–H and O–H groups in total. The molecule has 0 spiro atoms. The van der Waals surface area contributed by atoms with Gasteiger partial charge in [-0.25, -0.2) is 9.97 Å². The molecule has 3 aromatic rings. The number of anilines is 1. The van der Waals surface area contributed by atoms with Gasteiger partial charge in [-0.05, 0) is 17.7 Å². The van der Waals surface area contributed by atoms with E-state index in [1.54, 1.807) is 0 Å². The standard InChI is InChI=1S/C20H14F5N3O2/c21-19(22,20(23,24)25)14-6-8-15(9-7-14)28-18(29)16-10-27-17(11-26-16)30-12-13-4-2-1-3-5-13/h1-11H,12H2,(H,28,29). The molecule has 0 aliphatic heterocycles. The van der Waals surface area contributed by atoms with E-state index in [0.717, 1.165) is 23.9 Å². The summed E-state index contributed by atoms with van der Waals surface area (Å²) in [5.41, 5.74) is -0.381. The Labute approximate surface area is 167 Å². The maximum atomic E-state index is 13.3. The fraction of sp³-hybridized carbons (Fsp3) is 0.150. The zero-order valence-electron chi connectivity index (χ0n) is 15.2. The van der Waals surface area contributed by atoms with Crippen molar-refractivity contribution >= 4 is 11.6 Å². The molecule has 1 aromatic heterocycles. The molecule has 0 aliphatic carbocycles. The van der Waals surface area contributed by atoms with E-state index in [9.17, 15) is 26.7 Å². The van der Waals surface area contributed by atoms with E-state index in [2.05, 4.69) is 15.3 Å². The van der Waals surface area contributed by atoms with Gasteiger partial charge in [0.2, 0.25) is 5.88 Å². The normalized spacial score (nSPS) is 11.8. The molecule has 0 bridgehead atoms. The number of benzene rings is 2. The number of hydrogen-bond donors (Lipinski definition) is 1. The molecule has 0 fully saturated rings. The molecule has 30 heavy (non-hydrogen) atoms. The van der Waals surface area contributed by atoms with Crippen LogP contribution in [0.3, 0.4) is 0 Å². The Hall–Kier alpha value is -3.56. The van der Waals surface area contributed by atoms with Crippen LogP contribution in [0, 0.1) is 0 Å². The quantitative estimate of drug-likeness (QED) is 0.569. The van der Waals surface area contributed by atoms with Crippen LogP contribution >= 0.6 is 0 Å². The van der Waals surface area contributed by atoms with Crippen LogP contribution in [0.15, 0.2) is 67.0 Å². The lowest BCUT2D eigenvalue weighted by molar-refractivity contribution is -0.289. The summed E-state index contributed by atoms with van der Waals surface area (Å²) in [6.45, 7) is 0.260. The fourth-order valence-corrected chi connectivity index (χ4v) is 2.36. The molecule has 3 rings (SSSR count). The highest BCUT2D eigenvalue weighted by Crippen LogP contribution is 2.43. The zero-order chi connectivity index (χ0) is 21.8. The summed E-state index contributed by atoms with van der Waals surface area (Å²) < 4.78 is 69.2. The van der Waals surface area contributed by atoms with Gasteiger partial charge in [0.15, 0.2) is 0 Å². The molecular weight excluding hydrogens is 409 g/mol. The van der Waals surface area contributed by atoms with Gasteiger partial charge < -0.3 is 10.1 Å². The van der Waals surface area contributed by atoms with Crippen LogP contribution in [-0.2, 0) is 12.5 Å². The van der Waals surface area contributed by atoms with Crippen LogP contribution in [-0.4, -0.2) is 22.1 Å². The number of hydrogen-bond acceptors (Lipinski definition) is 4. The predicted molar refractivity (Wildman–Crippen MR) is 97.2 cm³/mol. The Morgan fingerprint density at radius 2 is 1.57 bits per heavy atom. The second kappa shape index (κ2) is 8.44. The predicted octanol–water partition coefficient (Wildman–Crippen LogP) is 4.96. The summed E-state index contributed by atoms with van der Waals surface area (Å²) in [6, 6.07) is 12.4. The molecule has 5 nitrogen and oxygen atoms in total. The number of carbonyl (C=O) groups is 1. The maximum absolute atomic E-state index is 13.3. The lowest BCUT2D eigenvalue weighted by Crippen LogP contribution is -2.33. The molecule has 156 valence electrons. The molecule has 0 aliphatic rings. The van der Waals surface area contributed by atoms with Crippen molar-refractivity contribution in [2.45, 2.75) is 18.7 Å². The van der Waals surface area contributed by atoms with Crippen molar-refractivity contribution in [3.05, 3.63) is 83.8 Å². The first-order valence-electron chi connectivity index (χ1n) is 8.52. The number of ether oxygens (including phenoxy) is 1. The molecule has 0 saturated carbocycles. The number of nitrogens with one attached hydrogen (secondary N) is 1. The average Bonchev–Trinajstić information content (AvgIpc) is 2.73. The van der Waals surface area contributed by atoms with Crippen molar-refractivity contribution in [1.29, 1.82) is 0 Å². The minimum atomic E-state index is -5.71. The van der Waals surface area contributed by atoms with E-state index in [4.69, 9.17) is 4.74 Å². The Morgan fingerprint density at radius 3 is 2.13 bits per heavy atom. The Kier molecular flexibility index (Phi) is 5.95. The smallest absolute Gasteiger partial charge is 0.458 e. The van der Waals surface area contributed by atoms with E-state index >= 15 is 0 Å². The maximum Gasteiger partial charge on any atom is 0.458 e. The molecule has 0 atom stereocenters. The third-order valence-electron chi connectivity index (χ3n) is 3.95. The number of amides is 1. The summed E-state index contributed by atoms with van der Waals surface area (Å²) in [4.78, 5) is 20.0. The van der Waals surface area contributed by atoms with Gasteiger partial charge in [0.1, 0.15) is 12.3 Å². The van der Waals surface area contributed by atoms with Gasteiger partial charge in [0, 0.05) is 11.3 Å². The first-order valence-corrected chi connectivity index (χ1v) is 8.52. The van der Waals surface area contributed by atoms with Gasteiger partial charge in [-0.2, -0.15) is 22.0 Å². The highest BCUT2D eigenvalue weighted by molar-refractivity contribution is 6.02. The summed E-state index contributed by atoms with van der Waals surface area (Å²) in [6.07, 6.45) is -3.32. The van der Waals surface area contributed by atoms with Crippen LogP contribution in [0.25, 0.3) is 0 Å². The number of nitrogens with zero attached hydrogens (tertiary/aromatic N) is 2. The van der Waals surface area contributed by atoms with Gasteiger partial charge in [0.25, 0.3) is 5.91 Å². The van der Waals surface area contributed by atoms with Crippen molar-refractivity contribution in [2.75, 3.05) is 5.32 Å². The van der Waals surface area contributed by atoms with Crippen LogP contribution in [0.2, 0.25) is 0 Å². The highest BCUT2D eigenvalue weighted by Gasteiger charge is 2.58. The molecule has 0 radical (unpaired) electrons. The van der Waals surface area contributed by atoms with E-state index < -0.39 is 23.6 Å². The summed E-state index contributed by atoms with van der Waals surface area (Å²) in [5.74, 6) is -5.52. The molecule has 1 amide bonds. The van der Waals surface area contributed by atoms with Crippen LogP contribution in [0.1, 0.15) is 21.6 Å². The fourth-order valence-electron chi connectivity index (χ4n) is 2.36. The molecule has 2 aromatic carbocycles. The van der Waals surface area contributed by atoms with Gasteiger partial charge in [-0.15, -0.1) is 0 Å². The molecule has 0 saturated heterocycles. The minimum Gasteiger partial charge on any atom is -0.472 e. The van der Waals surface area contributed by atoms with Crippen LogP contribution in [0.5, 0.6) is 5.88 Å². The van der Waals surface area contributed by atoms with Crippen molar-refractivity contribution in [1.82, 2.24) is 9.97 Å². The zero-order valence-corrected chi connectivity index (χ0v) is 15.2. The van der Waals surface area contributed by atoms with Gasteiger partial charge in [-0.1, -0.05) is 42.5 Å². The molecule has 1 heterocycles. The van der Waals surface area contributed by atoms with Crippen molar-refractivity contribution in [2.24, 2.45) is 0 Å². The summed E-state index contributed by atoms with van der Waals surface area (Å²) in [7, 11) is 0. The second-order valence-corrected chi connectivity index (χ2v) is 6.12. The first-order chi connectivity index (χ1) is 14.2. The van der Waals surface area contributed by atoms with Crippen molar-refractivity contribution in [3.63, 3.8) is 0 Å². The molecule has 10 heteroatoms. The number of aromatic nitrogens is 2. The van der Waals surface area contributed by atoms with Crippen molar-refractivity contribution in [3.8, 4) is 5.88 Å². The topological polar surface area (TPSA) is 64.1 Å². The SMILES string of the molecule is O=C(Nc1ccc(C(F)(F)C(F)(F)F)cc1)c1cnc(OCc2ccccc2)cn1. The molecular formula is C20H14F5N3O2. The van der Waals surface area contributed by atoms with E-state index in [-0.39, 0.29) is 23.9 Å². The van der Waals surface area contributed by atoms with Crippen LogP contribution < -0.4 is 10.1 Å². The number of rotatable bonds is 6. The Morgan fingerprint density at radius 1 is 0.900 bits per heavy atom. The van der Waals surface area contributed by atoms with E-state index in [0.29, 0.717) is 12.1 Å². The third-order valence-corrected chi connectivity index (χ3v) is 3.95. The number of carbonyl (C=O) groups excluding carboxylic acids is 1. The lowest BCUT2D eigenvalue weighted by Gasteiger charge is -2.20. The van der Waals surface area contributed by atoms with Gasteiger partial charge in [-0.3, -0.25) is 4.79 Å². The third kappa shape index (κ3) is 4.88. The lowest BCUT2D eigenvalue weighted by atomic mass is 10.1. The minimum absolute atomic E-state index is 0.0212. The number of alkyl halides is 5. The first kappa shape index (κ1) is 21.2. The average molecular weight is 423 g/mol. The monoisotopic (exact) mass is 423 g/mol. The largest absolute Gasteiger partial charge is 0.472 e. The highest BCUT2D eigenvalue weighted by atomic mass is 19.4. The number of halogens is 5. The summed E-state index contributed by atoms with van der Waals surface area (Å²) in [5, 5.41) is 2.34. The van der Waals surface area contributed by atoms with E-state index in [1.165, 1.54) is 6.20 Å². The van der Waals surface area contributed by atoms with Gasteiger partial charge in [0.05, 0.1) is 12.4 Å². The Balaban J connectivity index is 1.60. The van der Waals surface area contributed by atoms with Crippen molar-refractivity contribution < 1.29 is 31.5 Å².